The highest BCUT2D eigenvalue weighted by molar-refractivity contribution is 6.25. The van der Waals surface area contributed by atoms with Crippen LogP contribution >= 0.6 is 0 Å². The molecule has 4 heteroatoms. The number of ketones is 1. The summed E-state index contributed by atoms with van der Waals surface area (Å²) in [5.74, 6) is -0.731. The number of benzene rings is 5. The fourth-order valence-corrected chi connectivity index (χ4v) is 4.77. The minimum absolute atomic E-state index is 0.0104. The van der Waals surface area contributed by atoms with Gasteiger partial charge in [-0.2, -0.15) is 0 Å². The third-order valence-electron chi connectivity index (χ3n) is 6.29. The highest BCUT2D eigenvalue weighted by Crippen LogP contribution is 2.34. The molecule has 0 unspecified atom stereocenters. The molecule has 6 rings (SSSR count). The van der Waals surface area contributed by atoms with Crippen molar-refractivity contribution in [2.24, 2.45) is 0 Å². The maximum Gasteiger partial charge on any atom is 0.197 e. The van der Waals surface area contributed by atoms with Gasteiger partial charge in [0, 0.05) is 27.3 Å². The summed E-state index contributed by atoms with van der Waals surface area (Å²) in [5, 5.41) is 17.0. The van der Waals surface area contributed by atoms with Crippen LogP contribution in [0.2, 0.25) is 0 Å². The van der Waals surface area contributed by atoms with Gasteiger partial charge in [0.25, 0.3) is 0 Å². The van der Waals surface area contributed by atoms with Crippen molar-refractivity contribution in [3.8, 4) is 0 Å². The minimum atomic E-state index is -0.365. The second-order valence-corrected chi connectivity index (χ2v) is 8.09. The van der Waals surface area contributed by atoms with E-state index in [9.17, 15) is 19.5 Å². The maximum atomic E-state index is 13.1. The van der Waals surface area contributed by atoms with Gasteiger partial charge in [-0.05, 0) is 27.8 Å². The largest absolute Gasteiger partial charge is 0.872 e. The Morgan fingerprint density at radius 3 is 1.82 bits per heavy atom. The van der Waals surface area contributed by atoms with E-state index in [0.29, 0.717) is 32.7 Å². The molecule has 0 atom stereocenters. The van der Waals surface area contributed by atoms with Gasteiger partial charge in [-0.15, -0.1) is 0 Å². The Kier molecular flexibility index (Phi) is 4.04. The summed E-state index contributed by atoms with van der Waals surface area (Å²) in [6, 6.07) is 21.4. The second-order valence-electron chi connectivity index (χ2n) is 8.09. The summed E-state index contributed by atoms with van der Waals surface area (Å²) in [6.45, 7) is 0. The Balaban J connectivity index is 1.55. The number of allylic oxidation sites excluding steroid dienone is 3. The van der Waals surface area contributed by atoms with E-state index in [2.05, 4.69) is 0 Å². The third-order valence-corrected chi connectivity index (χ3v) is 6.29. The Labute approximate surface area is 187 Å². The second kappa shape index (κ2) is 6.97. The number of carbonyl (C=O) groups excluding carboxylic acids is 1. The topological polar surface area (TPSA) is 74.3 Å². The van der Waals surface area contributed by atoms with Crippen LogP contribution in [0.4, 0.5) is 0 Å². The number of carbonyl (C=O) groups is 1. The van der Waals surface area contributed by atoms with Crippen molar-refractivity contribution in [2.75, 3.05) is 0 Å². The molecule has 0 aliphatic heterocycles. The predicted molar refractivity (Wildman–Crippen MR) is 129 cm³/mol. The van der Waals surface area contributed by atoms with Crippen LogP contribution in [-0.2, 0) is 0 Å². The summed E-state index contributed by atoms with van der Waals surface area (Å²) >= 11 is 0. The molecule has 0 heterocycles. The molecule has 0 aromatic heterocycles. The maximum absolute atomic E-state index is 13.1. The van der Waals surface area contributed by atoms with Gasteiger partial charge in [-0.3, -0.25) is 14.4 Å². The lowest BCUT2D eigenvalue weighted by Crippen LogP contribution is -2.38. The fraction of sp³-hybridized carbons (Fsp3) is 0. The number of hydrogen-bond acceptors (Lipinski definition) is 4. The van der Waals surface area contributed by atoms with Crippen molar-refractivity contribution in [3.05, 3.63) is 127 Å². The summed E-state index contributed by atoms with van der Waals surface area (Å²) < 4.78 is 0. The Bertz CT molecular complexity index is 1810. The Morgan fingerprint density at radius 2 is 1.18 bits per heavy atom. The Morgan fingerprint density at radius 1 is 0.636 bits per heavy atom. The first-order valence-electron chi connectivity index (χ1n) is 10.5. The first-order chi connectivity index (χ1) is 16.1. The molecule has 0 spiro atoms. The van der Waals surface area contributed by atoms with Crippen LogP contribution in [-0.4, -0.2) is 5.78 Å². The summed E-state index contributed by atoms with van der Waals surface area (Å²) in [6.07, 6.45) is 4.24. The first-order valence-corrected chi connectivity index (χ1v) is 10.5. The average Bonchev–Trinajstić information content (AvgIpc) is 2.84. The Hall–Kier alpha value is -4.57. The van der Waals surface area contributed by atoms with Gasteiger partial charge in [-0.25, -0.2) is 0 Å². The first kappa shape index (κ1) is 19.1. The number of Topliss-reactive ketones (excluding diaryl/α,β-unsaturated/α-hetero) is 1. The lowest BCUT2D eigenvalue weighted by Gasteiger charge is -2.25. The van der Waals surface area contributed by atoms with Gasteiger partial charge in [0.15, 0.2) is 16.6 Å². The van der Waals surface area contributed by atoms with E-state index < -0.39 is 0 Å². The minimum Gasteiger partial charge on any atom is -0.872 e. The molecule has 33 heavy (non-hydrogen) atoms. The zero-order valence-electron chi connectivity index (χ0n) is 17.3. The fourth-order valence-electron chi connectivity index (χ4n) is 4.77. The molecule has 0 radical (unpaired) electrons. The van der Waals surface area contributed by atoms with E-state index in [1.54, 1.807) is 48.5 Å². The summed E-state index contributed by atoms with van der Waals surface area (Å²) in [4.78, 5) is 39.2. The van der Waals surface area contributed by atoms with E-state index in [-0.39, 0.29) is 33.2 Å². The number of hydrogen-bond donors (Lipinski definition) is 0. The molecule has 4 nitrogen and oxygen atoms in total. The van der Waals surface area contributed by atoms with E-state index in [1.807, 2.05) is 24.3 Å². The average molecular weight is 427 g/mol. The van der Waals surface area contributed by atoms with Gasteiger partial charge in [0.05, 0.1) is 5.22 Å². The van der Waals surface area contributed by atoms with E-state index >= 15 is 0 Å². The van der Waals surface area contributed by atoms with Crippen molar-refractivity contribution in [1.29, 1.82) is 0 Å². The standard InChI is InChI=1S/C29H16O4/c30-26-18-10-1-6-16-7-2-11-19(24(16)18)27(31)22(26)14-5-15-23-28(32)20-12-3-8-17-9-4-13-21(25(17)20)29(23)33/h1-15,30H/p-1. The van der Waals surface area contributed by atoms with Crippen molar-refractivity contribution >= 4 is 49.9 Å². The van der Waals surface area contributed by atoms with Gasteiger partial charge in [0.2, 0.25) is 0 Å². The van der Waals surface area contributed by atoms with E-state index in [0.717, 1.165) is 10.8 Å². The van der Waals surface area contributed by atoms with Gasteiger partial charge >= 0.3 is 0 Å². The zero-order valence-corrected chi connectivity index (χ0v) is 17.3. The van der Waals surface area contributed by atoms with Crippen LogP contribution in [0.25, 0.3) is 44.2 Å². The summed E-state index contributed by atoms with van der Waals surface area (Å²) in [5.41, 5.74) is 0.225. The molecule has 156 valence electrons. The molecule has 0 N–H and O–H groups in total. The zero-order chi connectivity index (χ0) is 22.7. The highest BCUT2D eigenvalue weighted by Gasteiger charge is 2.21. The molecular formula is C29H15O4-. The lowest BCUT2D eigenvalue weighted by molar-refractivity contribution is -0.244. The summed E-state index contributed by atoms with van der Waals surface area (Å²) in [7, 11) is 0. The molecule has 5 aromatic rings. The van der Waals surface area contributed by atoms with Crippen LogP contribution < -0.4 is 21.2 Å². The van der Waals surface area contributed by atoms with Crippen molar-refractivity contribution < 1.29 is 9.90 Å². The molecule has 0 bridgehead atoms. The molecule has 0 fully saturated rings. The molecular weight excluding hydrogens is 412 g/mol. The quantitative estimate of drug-likeness (QED) is 0.433. The SMILES string of the molecule is O=C1C(C=CC=c2c(=O)c3cccc4cccc(c2=O)c43)=C([O-])c2cccc3cccc1c23. The molecule has 5 aromatic carbocycles. The van der Waals surface area contributed by atoms with E-state index in [4.69, 9.17) is 0 Å². The van der Waals surface area contributed by atoms with Crippen LogP contribution in [0.1, 0.15) is 15.9 Å². The van der Waals surface area contributed by atoms with Gasteiger partial charge in [-0.1, -0.05) is 90.7 Å². The molecule has 1 aliphatic carbocycles. The lowest BCUT2D eigenvalue weighted by atomic mass is 9.86. The van der Waals surface area contributed by atoms with Gasteiger partial charge in [0.1, 0.15) is 0 Å². The van der Waals surface area contributed by atoms with Crippen LogP contribution in [0, 0.1) is 0 Å². The van der Waals surface area contributed by atoms with Crippen LogP contribution in [0.5, 0.6) is 0 Å². The van der Waals surface area contributed by atoms with Gasteiger partial charge < -0.3 is 5.11 Å². The van der Waals surface area contributed by atoms with Crippen molar-refractivity contribution in [1.82, 2.24) is 0 Å². The smallest absolute Gasteiger partial charge is 0.197 e. The monoisotopic (exact) mass is 427 g/mol. The van der Waals surface area contributed by atoms with E-state index in [1.165, 1.54) is 18.2 Å². The van der Waals surface area contributed by atoms with Crippen LogP contribution in [0.15, 0.2) is 100 Å². The molecule has 0 saturated heterocycles. The number of rotatable bonds is 2. The third kappa shape index (κ3) is 2.68. The van der Waals surface area contributed by atoms with Crippen molar-refractivity contribution in [2.45, 2.75) is 0 Å². The van der Waals surface area contributed by atoms with Crippen molar-refractivity contribution in [3.63, 3.8) is 0 Å². The normalized spacial score (nSPS) is 13.6. The highest BCUT2D eigenvalue weighted by atomic mass is 16.3. The molecule has 0 amide bonds. The predicted octanol–water partition coefficient (Wildman–Crippen LogP) is 3.33. The molecule has 1 aliphatic rings. The van der Waals surface area contributed by atoms with Crippen LogP contribution in [0.3, 0.4) is 0 Å². The molecule has 0 saturated carbocycles.